The molecule has 0 aliphatic carbocycles. The number of aryl methyl sites for hydroxylation is 2. The van der Waals surface area contributed by atoms with E-state index in [-0.39, 0.29) is 17.4 Å². The smallest absolute Gasteiger partial charge is 0.387 e. The Labute approximate surface area is 156 Å². The Hall–Kier alpha value is -2.15. The van der Waals surface area contributed by atoms with E-state index in [9.17, 15) is 13.6 Å². The van der Waals surface area contributed by atoms with Crippen molar-refractivity contribution in [2.75, 3.05) is 13.7 Å². The fourth-order valence-electron chi connectivity index (χ4n) is 2.62. The number of methoxy groups -OCH3 is 1. The van der Waals surface area contributed by atoms with E-state index in [4.69, 9.17) is 4.74 Å². The molecule has 0 atom stereocenters. The maximum Gasteiger partial charge on any atom is 0.387 e. The minimum atomic E-state index is -2.90. The molecule has 1 heterocycles. The van der Waals surface area contributed by atoms with Gasteiger partial charge in [-0.3, -0.25) is 4.79 Å². The summed E-state index contributed by atoms with van der Waals surface area (Å²) in [5.74, 6) is 0.144. The number of halogens is 2. The van der Waals surface area contributed by atoms with Gasteiger partial charge in [0.05, 0.1) is 12.0 Å². The van der Waals surface area contributed by atoms with Crippen molar-refractivity contribution >= 4 is 17.2 Å². The van der Waals surface area contributed by atoms with Crippen molar-refractivity contribution in [1.29, 1.82) is 0 Å². The van der Waals surface area contributed by atoms with Crippen molar-refractivity contribution < 1.29 is 23.0 Å². The fraction of sp³-hybridized carbons (Fsp3) is 0.421. The quantitative estimate of drug-likeness (QED) is 0.689. The maximum absolute atomic E-state index is 12.3. The lowest BCUT2D eigenvalue weighted by Crippen LogP contribution is -2.24. The summed E-state index contributed by atoms with van der Waals surface area (Å²) < 4.78 is 34.2. The van der Waals surface area contributed by atoms with Crippen LogP contribution in [0.1, 0.15) is 39.0 Å². The molecular formula is C19H23F2NO3S. The molecule has 26 heavy (non-hydrogen) atoms. The van der Waals surface area contributed by atoms with Crippen molar-refractivity contribution in [1.82, 2.24) is 5.32 Å². The predicted octanol–water partition coefficient (Wildman–Crippen LogP) is 4.59. The number of ether oxygens (including phenoxy) is 2. The van der Waals surface area contributed by atoms with E-state index < -0.39 is 6.61 Å². The van der Waals surface area contributed by atoms with Crippen molar-refractivity contribution in [2.24, 2.45) is 0 Å². The number of alkyl halides is 2. The number of benzene rings is 1. The molecule has 0 aliphatic heterocycles. The third kappa shape index (κ3) is 5.42. The van der Waals surface area contributed by atoms with E-state index in [1.807, 2.05) is 13.0 Å². The Kier molecular flexibility index (Phi) is 7.38. The van der Waals surface area contributed by atoms with Crippen LogP contribution in [0, 0.1) is 6.92 Å². The highest BCUT2D eigenvalue weighted by Crippen LogP contribution is 2.29. The number of thiophene rings is 1. The first-order valence-electron chi connectivity index (χ1n) is 8.43. The Morgan fingerprint density at radius 3 is 2.65 bits per heavy atom. The first kappa shape index (κ1) is 20.2. The Morgan fingerprint density at radius 2 is 2.00 bits per heavy atom. The van der Waals surface area contributed by atoms with Crippen LogP contribution >= 0.6 is 11.3 Å². The zero-order valence-corrected chi connectivity index (χ0v) is 15.9. The molecule has 1 aromatic carbocycles. The fourth-order valence-corrected chi connectivity index (χ4v) is 3.61. The summed E-state index contributed by atoms with van der Waals surface area (Å²) in [7, 11) is 1.40. The number of hydrogen-bond acceptors (Lipinski definition) is 4. The SMILES string of the molecule is CCCc1cc(C(=O)NCCc2ccc(OC(F)F)c(OC)c2)sc1C. The Balaban J connectivity index is 1.92. The van der Waals surface area contributed by atoms with Crippen molar-refractivity contribution in [3.63, 3.8) is 0 Å². The largest absolute Gasteiger partial charge is 0.493 e. The highest BCUT2D eigenvalue weighted by Gasteiger charge is 2.13. The highest BCUT2D eigenvalue weighted by atomic mass is 32.1. The summed E-state index contributed by atoms with van der Waals surface area (Å²) in [6, 6.07) is 6.72. The van der Waals surface area contributed by atoms with Crippen LogP contribution in [-0.2, 0) is 12.8 Å². The molecule has 2 rings (SSSR count). The van der Waals surface area contributed by atoms with Crippen LogP contribution in [0.4, 0.5) is 8.78 Å². The van der Waals surface area contributed by atoms with Crippen molar-refractivity contribution in [2.45, 2.75) is 39.7 Å². The average Bonchev–Trinajstić information content (AvgIpc) is 2.97. The van der Waals surface area contributed by atoms with Gasteiger partial charge in [0.2, 0.25) is 0 Å². The average molecular weight is 383 g/mol. The molecule has 4 nitrogen and oxygen atoms in total. The van der Waals surface area contributed by atoms with Crippen LogP contribution in [-0.4, -0.2) is 26.2 Å². The third-order valence-electron chi connectivity index (χ3n) is 3.91. The lowest BCUT2D eigenvalue weighted by Gasteiger charge is -2.11. The monoisotopic (exact) mass is 383 g/mol. The van der Waals surface area contributed by atoms with Gasteiger partial charge in [-0.25, -0.2) is 0 Å². The van der Waals surface area contributed by atoms with Crippen molar-refractivity contribution in [3.05, 3.63) is 45.1 Å². The van der Waals surface area contributed by atoms with E-state index in [2.05, 4.69) is 17.0 Å². The molecule has 0 fully saturated rings. The van der Waals surface area contributed by atoms with Gasteiger partial charge in [0.25, 0.3) is 5.91 Å². The van der Waals surface area contributed by atoms with Gasteiger partial charge in [0.1, 0.15) is 0 Å². The molecule has 1 amide bonds. The molecule has 0 radical (unpaired) electrons. The molecular weight excluding hydrogens is 360 g/mol. The summed E-state index contributed by atoms with van der Waals surface area (Å²) in [6.45, 7) is 1.68. The predicted molar refractivity (Wildman–Crippen MR) is 98.7 cm³/mol. The first-order chi connectivity index (χ1) is 12.4. The second-order valence-electron chi connectivity index (χ2n) is 5.81. The summed E-state index contributed by atoms with van der Waals surface area (Å²) in [5.41, 5.74) is 2.08. The zero-order valence-electron chi connectivity index (χ0n) is 15.1. The Bertz CT molecular complexity index is 746. The lowest BCUT2D eigenvalue weighted by atomic mass is 10.1. The van der Waals surface area contributed by atoms with Gasteiger partial charge in [0.15, 0.2) is 11.5 Å². The minimum Gasteiger partial charge on any atom is -0.493 e. The van der Waals surface area contributed by atoms with Crippen LogP contribution in [0.15, 0.2) is 24.3 Å². The van der Waals surface area contributed by atoms with Gasteiger partial charge in [-0.05, 0) is 49.1 Å². The van der Waals surface area contributed by atoms with Crippen LogP contribution in [0.5, 0.6) is 11.5 Å². The summed E-state index contributed by atoms with van der Waals surface area (Å²) >= 11 is 1.50. The van der Waals surface area contributed by atoms with Crippen LogP contribution < -0.4 is 14.8 Å². The van der Waals surface area contributed by atoms with Gasteiger partial charge in [-0.2, -0.15) is 8.78 Å². The lowest BCUT2D eigenvalue weighted by molar-refractivity contribution is -0.0512. The van der Waals surface area contributed by atoms with Gasteiger partial charge in [-0.15, -0.1) is 11.3 Å². The van der Waals surface area contributed by atoms with E-state index in [1.165, 1.54) is 35.0 Å². The number of carbonyl (C=O) groups excluding carboxylic acids is 1. The molecule has 0 aliphatic rings. The maximum atomic E-state index is 12.3. The van der Waals surface area contributed by atoms with Crippen LogP contribution in [0.25, 0.3) is 0 Å². The number of hydrogen-bond donors (Lipinski definition) is 1. The zero-order chi connectivity index (χ0) is 19.1. The van der Waals surface area contributed by atoms with E-state index in [0.29, 0.717) is 17.8 Å². The topological polar surface area (TPSA) is 47.6 Å². The summed E-state index contributed by atoms with van der Waals surface area (Å²) in [4.78, 5) is 14.2. The standard InChI is InChI=1S/C19H23F2NO3S/c1-4-5-14-11-17(26-12(14)2)18(23)22-9-8-13-6-7-15(25-19(20)21)16(10-13)24-3/h6-7,10-11,19H,4-5,8-9H2,1-3H3,(H,22,23). The second kappa shape index (κ2) is 9.52. The first-order valence-corrected chi connectivity index (χ1v) is 9.25. The molecule has 7 heteroatoms. The second-order valence-corrected chi connectivity index (χ2v) is 7.07. The molecule has 0 saturated carbocycles. The van der Waals surface area contributed by atoms with Gasteiger partial charge in [-0.1, -0.05) is 19.4 Å². The molecule has 1 aromatic heterocycles. The number of carbonyl (C=O) groups is 1. The third-order valence-corrected chi connectivity index (χ3v) is 5.00. The minimum absolute atomic E-state index is 0.00667. The molecule has 0 unspecified atom stereocenters. The Morgan fingerprint density at radius 1 is 1.23 bits per heavy atom. The number of amides is 1. The van der Waals surface area contributed by atoms with Gasteiger partial charge in [0, 0.05) is 11.4 Å². The molecule has 0 saturated heterocycles. The van der Waals surface area contributed by atoms with E-state index in [1.54, 1.807) is 12.1 Å². The summed E-state index contributed by atoms with van der Waals surface area (Å²) in [6.07, 6.45) is 2.58. The summed E-state index contributed by atoms with van der Waals surface area (Å²) in [5, 5.41) is 2.89. The number of rotatable bonds is 9. The van der Waals surface area contributed by atoms with Gasteiger partial charge >= 0.3 is 6.61 Å². The number of nitrogens with one attached hydrogen (secondary N) is 1. The van der Waals surface area contributed by atoms with Crippen molar-refractivity contribution in [3.8, 4) is 11.5 Å². The van der Waals surface area contributed by atoms with Crippen LogP contribution in [0.2, 0.25) is 0 Å². The van der Waals surface area contributed by atoms with Gasteiger partial charge < -0.3 is 14.8 Å². The molecule has 142 valence electrons. The van der Waals surface area contributed by atoms with Crippen LogP contribution in [0.3, 0.4) is 0 Å². The normalized spacial score (nSPS) is 10.8. The van der Waals surface area contributed by atoms with E-state index >= 15 is 0 Å². The molecule has 2 aromatic rings. The molecule has 0 spiro atoms. The molecule has 0 bridgehead atoms. The highest BCUT2D eigenvalue weighted by molar-refractivity contribution is 7.14. The van der Waals surface area contributed by atoms with E-state index in [0.717, 1.165) is 18.4 Å². The molecule has 1 N–H and O–H groups in total.